The Labute approximate surface area is 191 Å². The molecule has 0 radical (unpaired) electrons. The molecule has 1 aliphatic rings. The number of ether oxygens (including phenoxy) is 2. The van der Waals surface area contributed by atoms with E-state index in [2.05, 4.69) is 15.6 Å². The molecule has 0 saturated carbocycles. The number of aromatic amines is 1. The van der Waals surface area contributed by atoms with Crippen LogP contribution in [0.1, 0.15) is 17.5 Å². The highest BCUT2D eigenvalue weighted by Crippen LogP contribution is 2.27. The predicted molar refractivity (Wildman–Crippen MR) is 122 cm³/mol. The van der Waals surface area contributed by atoms with Crippen LogP contribution < -0.4 is 20.1 Å². The molecule has 4 rings (SSSR count). The van der Waals surface area contributed by atoms with Crippen molar-refractivity contribution in [3.63, 3.8) is 0 Å². The third kappa shape index (κ3) is 4.77. The number of rotatable bonds is 9. The summed E-state index contributed by atoms with van der Waals surface area (Å²) in [6.07, 6.45) is 2.30. The van der Waals surface area contributed by atoms with Gasteiger partial charge in [-0.3, -0.25) is 14.5 Å². The van der Waals surface area contributed by atoms with Gasteiger partial charge in [0.2, 0.25) is 5.91 Å². The number of aromatic nitrogens is 1. The number of carbonyl (C=O) groups excluding carboxylic acids is 3. The summed E-state index contributed by atoms with van der Waals surface area (Å²) in [4.78, 5) is 41.8. The molecule has 3 aromatic rings. The van der Waals surface area contributed by atoms with E-state index in [1.54, 1.807) is 26.4 Å². The Kier molecular flexibility index (Phi) is 6.48. The molecule has 9 heteroatoms. The van der Waals surface area contributed by atoms with E-state index in [1.165, 1.54) is 4.90 Å². The third-order valence-electron chi connectivity index (χ3n) is 5.71. The number of hydrogen-bond donors (Lipinski definition) is 3. The van der Waals surface area contributed by atoms with Gasteiger partial charge in [-0.1, -0.05) is 24.3 Å². The molecule has 1 aliphatic heterocycles. The minimum Gasteiger partial charge on any atom is -0.493 e. The maximum Gasteiger partial charge on any atom is 0.324 e. The van der Waals surface area contributed by atoms with Crippen molar-refractivity contribution >= 4 is 28.7 Å². The quantitative estimate of drug-likeness (QED) is 0.433. The second-order valence-corrected chi connectivity index (χ2v) is 7.77. The van der Waals surface area contributed by atoms with E-state index in [4.69, 9.17) is 9.47 Å². The zero-order valence-corrected chi connectivity index (χ0v) is 18.5. The SMILES string of the molecule is COc1ccc(CNC(=O)CC2NC(=O)N(CCc3c[nH]c4ccccc34)C2=O)cc1OC. The summed E-state index contributed by atoms with van der Waals surface area (Å²) in [6, 6.07) is 11.9. The van der Waals surface area contributed by atoms with Crippen LogP contribution in [0.15, 0.2) is 48.7 Å². The summed E-state index contributed by atoms with van der Waals surface area (Å²) in [5, 5.41) is 6.46. The van der Waals surface area contributed by atoms with Crippen molar-refractivity contribution in [3.8, 4) is 11.5 Å². The highest BCUT2D eigenvalue weighted by molar-refractivity contribution is 6.05. The Hall–Kier alpha value is -4.01. The lowest BCUT2D eigenvalue weighted by Crippen LogP contribution is -2.36. The summed E-state index contributed by atoms with van der Waals surface area (Å²) in [5.74, 6) is 0.441. The Balaban J connectivity index is 1.30. The van der Waals surface area contributed by atoms with Crippen LogP contribution in [0.2, 0.25) is 0 Å². The van der Waals surface area contributed by atoms with Gasteiger partial charge in [-0.25, -0.2) is 4.79 Å². The van der Waals surface area contributed by atoms with Gasteiger partial charge in [-0.05, 0) is 35.7 Å². The molecular weight excluding hydrogens is 424 g/mol. The number of H-pyrrole nitrogens is 1. The Morgan fingerprint density at radius 3 is 2.67 bits per heavy atom. The van der Waals surface area contributed by atoms with E-state index in [0.29, 0.717) is 17.9 Å². The molecule has 2 heterocycles. The number of methoxy groups -OCH3 is 2. The van der Waals surface area contributed by atoms with E-state index < -0.39 is 12.1 Å². The summed E-state index contributed by atoms with van der Waals surface area (Å²) in [5.41, 5.74) is 2.86. The number of benzene rings is 2. The third-order valence-corrected chi connectivity index (χ3v) is 5.71. The molecule has 172 valence electrons. The maximum absolute atomic E-state index is 12.7. The lowest BCUT2D eigenvalue weighted by atomic mass is 10.1. The molecule has 0 aliphatic carbocycles. The second-order valence-electron chi connectivity index (χ2n) is 7.77. The smallest absolute Gasteiger partial charge is 0.324 e. The minimum atomic E-state index is -0.870. The van der Waals surface area contributed by atoms with Crippen molar-refractivity contribution < 1.29 is 23.9 Å². The maximum atomic E-state index is 12.7. The summed E-state index contributed by atoms with van der Waals surface area (Å²) < 4.78 is 10.5. The number of carbonyl (C=O) groups is 3. The molecule has 1 unspecified atom stereocenters. The normalized spacial score (nSPS) is 15.6. The predicted octanol–water partition coefficient (Wildman–Crippen LogP) is 2.35. The fraction of sp³-hybridized carbons (Fsp3) is 0.292. The van der Waals surface area contributed by atoms with E-state index in [9.17, 15) is 14.4 Å². The van der Waals surface area contributed by atoms with Crippen molar-refractivity contribution in [2.24, 2.45) is 0 Å². The first-order valence-corrected chi connectivity index (χ1v) is 10.6. The van der Waals surface area contributed by atoms with Gasteiger partial charge in [-0.15, -0.1) is 0 Å². The van der Waals surface area contributed by atoms with Crippen molar-refractivity contribution in [2.45, 2.75) is 25.4 Å². The van der Waals surface area contributed by atoms with E-state index in [1.807, 2.05) is 36.5 Å². The van der Waals surface area contributed by atoms with Crippen LogP contribution in [0.25, 0.3) is 10.9 Å². The average molecular weight is 450 g/mol. The van der Waals surface area contributed by atoms with Crippen LogP contribution >= 0.6 is 0 Å². The summed E-state index contributed by atoms with van der Waals surface area (Å²) in [7, 11) is 3.09. The first-order valence-electron chi connectivity index (χ1n) is 10.6. The number of amides is 4. The van der Waals surface area contributed by atoms with Gasteiger partial charge < -0.3 is 25.1 Å². The Morgan fingerprint density at radius 2 is 1.88 bits per heavy atom. The number of nitrogens with one attached hydrogen (secondary N) is 3. The zero-order valence-electron chi connectivity index (χ0n) is 18.5. The van der Waals surface area contributed by atoms with Gasteiger partial charge in [0, 0.05) is 30.2 Å². The van der Waals surface area contributed by atoms with Crippen LogP contribution in [0.4, 0.5) is 4.79 Å². The average Bonchev–Trinajstić information content (AvgIpc) is 3.36. The standard InChI is InChI=1S/C24H26N4O5/c1-32-20-8-7-15(11-21(20)33-2)13-26-22(29)12-19-23(30)28(24(31)27-19)10-9-16-14-25-18-6-4-3-5-17(16)18/h3-8,11,14,19,25H,9-10,12-13H2,1-2H3,(H,26,29)(H,27,31). The largest absolute Gasteiger partial charge is 0.493 e. The van der Waals surface area contributed by atoms with E-state index in [0.717, 1.165) is 22.0 Å². The molecule has 33 heavy (non-hydrogen) atoms. The van der Waals surface area contributed by atoms with Crippen molar-refractivity contribution in [3.05, 3.63) is 59.8 Å². The Morgan fingerprint density at radius 1 is 1.09 bits per heavy atom. The van der Waals surface area contributed by atoms with Gasteiger partial charge in [-0.2, -0.15) is 0 Å². The van der Waals surface area contributed by atoms with Crippen LogP contribution in [-0.4, -0.2) is 54.5 Å². The Bertz CT molecular complexity index is 1190. The van der Waals surface area contributed by atoms with Crippen molar-refractivity contribution in [2.75, 3.05) is 20.8 Å². The molecule has 9 nitrogen and oxygen atoms in total. The number of para-hydroxylation sites is 1. The van der Waals surface area contributed by atoms with Crippen LogP contribution in [-0.2, 0) is 22.6 Å². The van der Waals surface area contributed by atoms with Crippen molar-refractivity contribution in [1.29, 1.82) is 0 Å². The van der Waals surface area contributed by atoms with Gasteiger partial charge in [0.1, 0.15) is 6.04 Å². The molecule has 4 amide bonds. The number of nitrogens with zero attached hydrogens (tertiary/aromatic N) is 1. The molecule has 1 atom stereocenters. The minimum absolute atomic E-state index is 0.124. The molecule has 1 saturated heterocycles. The van der Waals surface area contributed by atoms with Crippen LogP contribution in [0.3, 0.4) is 0 Å². The van der Waals surface area contributed by atoms with Gasteiger partial charge in [0.15, 0.2) is 11.5 Å². The second kappa shape index (κ2) is 9.64. The van der Waals surface area contributed by atoms with E-state index >= 15 is 0 Å². The molecule has 0 spiro atoms. The zero-order chi connectivity index (χ0) is 23.4. The fourth-order valence-corrected chi connectivity index (χ4v) is 3.95. The molecule has 3 N–H and O–H groups in total. The van der Waals surface area contributed by atoms with Crippen LogP contribution in [0.5, 0.6) is 11.5 Å². The fourth-order valence-electron chi connectivity index (χ4n) is 3.95. The number of imide groups is 1. The van der Waals surface area contributed by atoms with Gasteiger partial charge in [0.25, 0.3) is 5.91 Å². The number of hydrogen-bond acceptors (Lipinski definition) is 5. The monoisotopic (exact) mass is 450 g/mol. The van der Waals surface area contributed by atoms with Gasteiger partial charge in [0.05, 0.1) is 20.6 Å². The molecule has 0 bridgehead atoms. The number of urea groups is 1. The summed E-state index contributed by atoms with van der Waals surface area (Å²) >= 11 is 0. The molecular formula is C24H26N4O5. The molecule has 2 aromatic carbocycles. The van der Waals surface area contributed by atoms with Crippen LogP contribution in [0, 0.1) is 0 Å². The first-order chi connectivity index (χ1) is 16.0. The molecule has 1 fully saturated rings. The van der Waals surface area contributed by atoms with Gasteiger partial charge >= 0.3 is 6.03 Å². The first kappa shape index (κ1) is 22.2. The molecule has 1 aromatic heterocycles. The highest BCUT2D eigenvalue weighted by Gasteiger charge is 2.38. The number of fused-ring (bicyclic) bond motifs is 1. The lowest BCUT2D eigenvalue weighted by Gasteiger charge is -2.13. The lowest BCUT2D eigenvalue weighted by molar-refractivity contribution is -0.130. The van der Waals surface area contributed by atoms with E-state index in [-0.39, 0.29) is 31.3 Å². The van der Waals surface area contributed by atoms with Crippen molar-refractivity contribution in [1.82, 2.24) is 20.5 Å². The summed E-state index contributed by atoms with van der Waals surface area (Å²) in [6.45, 7) is 0.509. The topological polar surface area (TPSA) is 113 Å². The highest BCUT2D eigenvalue weighted by atomic mass is 16.5.